The molecule has 3 aromatic rings. The maximum absolute atomic E-state index is 14.4. The molecule has 0 aliphatic carbocycles. The van der Waals surface area contributed by atoms with Crippen LogP contribution in [-0.4, -0.2) is 30.1 Å². The average Bonchev–Trinajstić information content (AvgIpc) is 3.32. The van der Waals surface area contributed by atoms with Crippen molar-refractivity contribution in [2.45, 2.75) is 30.1 Å². The minimum atomic E-state index is -5.60. The number of carbonyl (C=O) groups is 1. The van der Waals surface area contributed by atoms with E-state index < -0.39 is 61.7 Å². The van der Waals surface area contributed by atoms with Crippen molar-refractivity contribution in [1.82, 2.24) is 14.3 Å². The number of H-pyrrole nitrogens is 1. The van der Waals surface area contributed by atoms with Gasteiger partial charge >= 0.3 is 11.9 Å². The predicted octanol–water partition coefficient (Wildman–Crippen LogP) is 1.17. The maximum Gasteiger partial charge on any atom is 0.421 e. The molecule has 33 heavy (non-hydrogen) atoms. The second kappa shape index (κ2) is 7.45. The molecule has 1 amide bonds. The molecule has 0 saturated carbocycles. The second-order valence-electron chi connectivity index (χ2n) is 7.27. The van der Waals surface area contributed by atoms with Crippen molar-refractivity contribution >= 4 is 21.7 Å². The summed E-state index contributed by atoms with van der Waals surface area (Å²) in [5.74, 6) is -2.55. The topological polar surface area (TPSA) is 143 Å². The van der Waals surface area contributed by atoms with Crippen molar-refractivity contribution in [3.05, 3.63) is 80.4 Å². The molecule has 0 bridgehead atoms. The van der Waals surface area contributed by atoms with Crippen LogP contribution in [0.3, 0.4) is 0 Å². The lowest BCUT2D eigenvalue weighted by Gasteiger charge is -2.29. The van der Waals surface area contributed by atoms with Crippen molar-refractivity contribution in [2.24, 2.45) is 0 Å². The van der Waals surface area contributed by atoms with E-state index in [0.717, 1.165) is 12.1 Å². The number of aromatic amines is 1. The third-order valence-corrected chi connectivity index (χ3v) is 6.55. The first-order chi connectivity index (χ1) is 15.4. The molecular weight excluding hydrogens is 469 g/mol. The number of hydrogen-bond acceptors (Lipinski definition) is 6. The summed E-state index contributed by atoms with van der Waals surface area (Å²) in [5.41, 5.74) is -7.36. The molecule has 3 heterocycles. The number of alkyl halides is 3. The molecule has 10 nitrogen and oxygen atoms in total. The van der Waals surface area contributed by atoms with Crippen molar-refractivity contribution < 1.29 is 30.8 Å². The number of aryl methyl sites for hydroxylation is 1. The first-order valence-electron chi connectivity index (χ1n) is 9.25. The molecule has 0 saturated heterocycles. The van der Waals surface area contributed by atoms with Crippen molar-refractivity contribution in [3.63, 3.8) is 0 Å². The van der Waals surface area contributed by atoms with Crippen LogP contribution >= 0.6 is 0 Å². The highest BCUT2D eigenvalue weighted by Gasteiger charge is 2.69. The molecule has 1 atom stereocenters. The largest absolute Gasteiger partial charge is 0.467 e. The zero-order chi connectivity index (χ0) is 24.2. The number of hydrogen-bond donors (Lipinski definition) is 3. The number of carbonyl (C=O) groups excluding carboxylic acids is 1. The van der Waals surface area contributed by atoms with Crippen molar-refractivity contribution in [1.29, 1.82) is 0 Å². The van der Waals surface area contributed by atoms with Gasteiger partial charge in [0.15, 0.2) is 0 Å². The Bertz CT molecular complexity index is 1460. The molecule has 0 spiro atoms. The van der Waals surface area contributed by atoms with Crippen LogP contribution < -0.4 is 21.3 Å². The number of nitrogens with zero attached hydrogens (tertiary/aromatic N) is 1. The third kappa shape index (κ3) is 3.56. The van der Waals surface area contributed by atoms with E-state index in [4.69, 9.17) is 4.42 Å². The number of aromatic nitrogens is 2. The number of anilines is 1. The standard InChI is InChI=1S/C19H15F3N4O6S/c1-10-4-6-12(7-5-10)33(30,31)25-18(19(20,21)22)13-14(23-16(18)28)26(17(29)24-15(13)27)9-11-3-2-8-32-11/h2-8,25H,9H2,1H3,(H,23,28)(H,24,27,29). The smallest absolute Gasteiger partial charge is 0.421 e. The van der Waals surface area contributed by atoms with E-state index in [1.54, 1.807) is 11.9 Å². The van der Waals surface area contributed by atoms with Gasteiger partial charge in [0.2, 0.25) is 15.6 Å². The highest BCUT2D eigenvalue weighted by molar-refractivity contribution is 7.89. The van der Waals surface area contributed by atoms with Gasteiger partial charge in [-0.2, -0.15) is 17.9 Å². The fourth-order valence-corrected chi connectivity index (χ4v) is 4.80. The number of fused-ring (bicyclic) bond motifs is 1. The zero-order valence-corrected chi connectivity index (χ0v) is 17.5. The van der Waals surface area contributed by atoms with Gasteiger partial charge in [0.05, 0.1) is 23.3 Å². The summed E-state index contributed by atoms with van der Waals surface area (Å²) in [5, 5.41) is 1.86. The van der Waals surface area contributed by atoms with Gasteiger partial charge in [0, 0.05) is 0 Å². The fraction of sp³-hybridized carbons (Fsp3) is 0.211. The van der Waals surface area contributed by atoms with Crippen LogP contribution in [0.2, 0.25) is 0 Å². The summed E-state index contributed by atoms with van der Waals surface area (Å²) >= 11 is 0. The Balaban J connectivity index is 1.95. The molecule has 4 rings (SSSR count). The highest BCUT2D eigenvalue weighted by Crippen LogP contribution is 2.45. The SMILES string of the molecule is Cc1ccc(S(=O)(=O)NC2(C(F)(F)F)C(=O)Nc3c2c(=O)[nH]c(=O)n3Cc2ccco2)cc1. The Kier molecular flexibility index (Phi) is 5.09. The van der Waals surface area contributed by atoms with Crippen LogP contribution in [-0.2, 0) is 26.9 Å². The molecule has 1 unspecified atom stereocenters. The van der Waals surface area contributed by atoms with Crippen LogP contribution in [0.25, 0.3) is 0 Å². The molecule has 0 fully saturated rings. The summed E-state index contributed by atoms with van der Waals surface area (Å²) in [7, 11) is -4.96. The fourth-order valence-electron chi connectivity index (χ4n) is 3.48. The van der Waals surface area contributed by atoms with E-state index in [0.29, 0.717) is 10.1 Å². The highest BCUT2D eigenvalue weighted by atomic mass is 32.2. The maximum atomic E-state index is 14.4. The van der Waals surface area contributed by atoms with E-state index >= 15 is 0 Å². The molecule has 2 aromatic heterocycles. The van der Waals surface area contributed by atoms with Crippen LogP contribution in [0, 0.1) is 6.92 Å². The van der Waals surface area contributed by atoms with Crippen LogP contribution in [0.4, 0.5) is 19.0 Å². The van der Waals surface area contributed by atoms with Gasteiger partial charge in [-0.15, -0.1) is 0 Å². The number of benzene rings is 1. The molecule has 1 aromatic carbocycles. The number of sulfonamides is 1. The van der Waals surface area contributed by atoms with Gasteiger partial charge in [0.1, 0.15) is 11.6 Å². The molecule has 0 radical (unpaired) electrons. The first-order valence-corrected chi connectivity index (χ1v) is 10.7. The third-order valence-electron chi connectivity index (χ3n) is 5.08. The second-order valence-corrected chi connectivity index (χ2v) is 8.95. The van der Waals surface area contributed by atoms with Crippen molar-refractivity contribution in [2.75, 3.05) is 5.32 Å². The minimum absolute atomic E-state index is 0.130. The minimum Gasteiger partial charge on any atom is -0.467 e. The predicted molar refractivity (Wildman–Crippen MR) is 107 cm³/mol. The summed E-state index contributed by atoms with van der Waals surface area (Å²) in [4.78, 5) is 38.8. The summed E-state index contributed by atoms with van der Waals surface area (Å²) < 4.78 is 76.0. The lowest BCUT2D eigenvalue weighted by atomic mass is 9.94. The molecule has 174 valence electrons. The van der Waals surface area contributed by atoms with Gasteiger partial charge in [-0.25, -0.2) is 13.2 Å². The Morgan fingerprint density at radius 1 is 1.12 bits per heavy atom. The molecular formula is C19H15F3N4O6S. The van der Waals surface area contributed by atoms with E-state index in [9.17, 15) is 36.0 Å². The number of halogens is 3. The number of nitrogens with one attached hydrogen (secondary N) is 3. The number of amides is 1. The van der Waals surface area contributed by atoms with Gasteiger partial charge in [-0.1, -0.05) is 17.7 Å². The van der Waals surface area contributed by atoms with Crippen molar-refractivity contribution in [3.8, 4) is 0 Å². The van der Waals surface area contributed by atoms with E-state index in [2.05, 4.69) is 0 Å². The van der Waals surface area contributed by atoms with Crippen LogP contribution in [0.5, 0.6) is 0 Å². The van der Waals surface area contributed by atoms with Gasteiger partial charge in [-0.3, -0.25) is 19.1 Å². The lowest BCUT2D eigenvalue weighted by Crippen LogP contribution is -2.61. The quantitative estimate of drug-likeness (QED) is 0.496. The summed E-state index contributed by atoms with van der Waals surface area (Å²) in [6.45, 7) is 1.20. The number of furan rings is 1. The molecule has 14 heteroatoms. The molecule has 1 aliphatic rings. The van der Waals surface area contributed by atoms with E-state index in [1.807, 2.05) is 5.32 Å². The summed E-state index contributed by atoms with van der Waals surface area (Å²) in [6, 6.07) is 7.68. The first kappa shape index (κ1) is 22.5. The van der Waals surface area contributed by atoms with E-state index in [-0.39, 0.29) is 5.76 Å². The zero-order valence-electron chi connectivity index (χ0n) is 16.7. The Morgan fingerprint density at radius 3 is 2.36 bits per heavy atom. The van der Waals surface area contributed by atoms with Crippen LogP contribution in [0.1, 0.15) is 16.9 Å². The monoisotopic (exact) mass is 484 g/mol. The van der Waals surface area contributed by atoms with Gasteiger partial charge in [-0.05, 0) is 31.2 Å². The van der Waals surface area contributed by atoms with Gasteiger partial charge < -0.3 is 9.73 Å². The normalized spacial score (nSPS) is 18.2. The Morgan fingerprint density at radius 2 is 1.79 bits per heavy atom. The Hall–Kier alpha value is -3.65. The molecule has 3 N–H and O–H groups in total. The van der Waals surface area contributed by atoms with Crippen LogP contribution in [0.15, 0.2) is 61.6 Å². The average molecular weight is 484 g/mol. The molecule has 1 aliphatic heterocycles. The number of rotatable bonds is 5. The van der Waals surface area contributed by atoms with Gasteiger partial charge in [0.25, 0.3) is 11.5 Å². The Labute approximate surface area is 183 Å². The van der Waals surface area contributed by atoms with E-state index in [1.165, 1.54) is 35.3 Å². The summed E-state index contributed by atoms with van der Waals surface area (Å²) in [6.07, 6.45) is -4.35. The lowest BCUT2D eigenvalue weighted by molar-refractivity contribution is -0.194.